The molecule has 2 rings (SSSR count). The lowest BCUT2D eigenvalue weighted by molar-refractivity contribution is -0.180. The summed E-state index contributed by atoms with van der Waals surface area (Å²) in [6, 6.07) is 8.41. The zero-order chi connectivity index (χ0) is 30.1. The Bertz CT molecular complexity index is 1020. The normalized spacial score (nSPS) is 12.3. The molecule has 1 atom stereocenters. The number of ether oxygens (including phenoxy) is 3. The average molecular weight is 587 g/mol. The van der Waals surface area contributed by atoms with E-state index in [0.29, 0.717) is 18.6 Å². The van der Waals surface area contributed by atoms with Crippen molar-refractivity contribution in [2.24, 2.45) is 5.92 Å². The van der Waals surface area contributed by atoms with E-state index in [9.17, 15) is 26.7 Å². The maximum absolute atomic E-state index is 14.8. The van der Waals surface area contributed by atoms with Gasteiger partial charge in [-0.3, -0.25) is 0 Å². The van der Waals surface area contributed by atoms with Crippen molar-refractivity contribution in [3.05, 3.63) is 48.0 Å². The number of rotatable bonds is 19. The highest BCUT2D eigenvalue weighted by Gasteiger charge is 2.38. The topological polar surface area (TPSA) is 44.8 Å². The average Bonchev–Trinajstić information content (AvgIpc) is 2.93. The van der Waals surface area contributed by atoms with Gasteiger partial charge in [0.25, 0.3) is 0 Å². The van der Waals surface area contributed by atoms with Crippen LogP contribution in [-0.4, -0.2) is 25.5 Å². The Morgan fingerprint density at radius 3 is 1.98 bits per heavy atom. The Morgan fingerprint density at radius 2 is 1.34 bits per heavy atom. The minimum Gasteiger partial charge on any atom is -0.490 e. The number of unbranched alkanes of at least 4 members (excludes halogenated alkanes) is 9. The Kier molecular flexibility index (Phi) is 15.6. The number of carbonyl (C=O) groups is 1. The molecule has 0 aliphatic carbocycles. The third kappa shape index (κ3) is 12.7. The van der Waals surface area contributed by atoms with Gasteiger partial charge < -0.3 is 14.2 Å². The third-order valence-corrected chi connectivity index (χ3v) is 6.97. The number of hydrogen-bond donors (Lipinski definition) is 0. The molecule has 0 radical (unpaired) electrons. The van der Waals surface area contributed by atoms with Crippen molar-refractivity contribution >= 4 is 6.16 Å². The van der Waals surface area contributed by atoms with Gasteiger partial charge in [-0.15, -0.1) is 0 Å². The van der Waals surface area contributed by atoms with Gasteiger partial charge in [-0.05, 0) is 49.1 Å². The zero-order valence-electron chi connectivity index (χ0n) is 24.2. The van der Waals surface area contributed by atoms with Crippen molar-refractivity contribution in [2.45, 2.75) is 103 Å². The van der Waals surface area contributed by atoms with Crippen LogP contribution >= 0.6 is 0 Å². The van der Waals surface area contributed by atoms with Gasteiger partial charge in [-0.2, -0.15) is 17.6 Å². The maximum Gasteiger partial charge on any atom is 0.513 e. The van der Waals surface area contributed by atoms with Crippen LogP contribution in [0.1, 0.15) is 97.3 Å². The minimum atomic E-state index is -4.36. The molecule has 4 nitrogen and oxygen atoms in total. The second-order valence-electron chi connectivity index (χ2n) is 10.3. The highest BCUT2D eigenvalue weighted by Crippen LogP contribution is 2.34. The smallest absolute Gasteiger partial charge is 0.490 e. The second kappa shape index (κ2) is 18.6. The van der Waals surface area contributed by atoms with Crippen LogP contribution in [0.5, 0.6) is 11.5 Å². The molecule has 1 unspecified atom stereocenters. The van der Waals surface area contributed by atoms with Crippen LogP contribution in [0.3, 0.4) is 0 Å². The summed E-state index contributed by atoms with van der Waals surface area (Å²) in [5.41, 5.74) is 0.355. The van der Waals surface area contributed by atoms with Gasteiger partial charge in [0.2, 0.25) is 5.82 Å². The molecule has 0 saturated heterocycles. The Balaban J connectivity index is 1.82. The van der Waals surface area contributed by atoms with Gasteiger partial charge in [-0.25, -0.2) is 9.18 Å². The molecular weight excluding hydrogens is 543 g/mol. The van der Waals surface area contributed by atoms with Crippen LogP contribution in [-0.2, 0) is 4.74 Å². The fraction of sp³-hybridized carbons (Fsp3) is 0.594. The van der Waals surface area contributed by atoms with Crippen molar-refractivity contribution in [3.63, 3.8) is 0 Å². The Hall–Kier alpha value is -2.84. The van der Waals surface area contributed by atoms with E-state index in [-0.39, 0.29) is 29.9 Å². The van der Waals surface area contributed by atoms with Crippen LogP contribution in [0.2, 0.25) is 0 Å². The third-order valence-electron chi connectivity index (χ3n) is 6.97. The van der Waals surface area contributed by atoms with Crippen molar-refractivity contribution in [1.29, 1.82) is 0 Å². The van der Waals surface area contributed by atoms with Gasteiger partial charge >= 0.3 is 12.3 Å². The first-order valence-electron chi connectivity index (χ1n) is 14.8. The highest BCUT2D eigenvalue weighted by atomic mass is 19.4. The minimum absolute atomic E-state index is 0.00712. The monoisotopic (exact) mass is 586 g/mol. The first-order chi connectivity index (χ1) is 19.7. The van der Waals surface area contributed by atoms with Crippen LogP contribution in [0.4, 0.5) is 26.7 Å². The predicted octanol–water partition coefficient (Wildman–Crippen LogP) is 10.8. The molecule has 0 heterocycles. The standard InChI is InChI=1S/C32H43F5O4/c1-3-5-7-9-10-11-13-22-39-28-20-19-27(29(33)30(28)34)24-15-17-26(18-16-24)41-31(38)40-23-21-25(32(35,36)37)14-12-8-6-4-2/h15-20,25H,3-14,21-23H2,1-2H3. The van der Waals surface area contributed by atoms with Crippen molar-refractivity contribution in [1.82, 2.24) is 0 Å². The fourth-order valence-electron chi connectivity index (χ4n) is 4.51. The van der Waals surface area contributed by atoms with Gasteiger partial charge in [-0.1, -0.05) is 90.2 Å². The van der Waals surface area contributed by atoms with Crippen molar-refractivity contribution < 1.29 is 41.0 Å². The van der Waals surface area contributed by atoms with E-state index in [1.807, 2.05) is 6.92 Å². The van der Waals surface area contributed by atoms with Gasteiger partial charge in [0.15, 0.2) is 11.6 Å². The SMILES string of the molecule is CCCCCCCCCOc1ccc(-c2ccc(OC(=O)OCCC(CCCCCC)C(F)(F)F)cc2)c(F)c1F. The first-order valence-corrected chi connectivity index (χ1v) is 14.8. The summed E-state index contributed by atoms with van der Waals surface area (Å²) in [5, 5.41) is 0. The lowest BCUT2D eigenvalue weighted by Crippen LogP contribution is -2.25. The predicted molar refractivity (Wildman–Crippen MR) is 150 cm³/mol. The lowest BCUT2D eigenvalue weighted by atomic mass is 9.97. The second-order valence-corrected chi connectivity index (χ2v) is 10.3. The van der Waals surface area contributed by atoms with E-state index in [4.69, 9.17) is 14.2 Å². The summed E-state index contributed by atoms with van der Waals surface area (Å²) in [6.45, 7) is 4.03. The number of alkyl halides is 3. The van der Waals surface area contributed by atoms with Crippen molar-refractivity contribution in [3.8, 4) is 22.6 Å². The molecule has 0 saturated carbocycles. The molecule has 2 aromatic carbocycles. The molecule has 9 heteroatoms. The summed E-state index contributed by atoms with van der Waals surface area (Å²) in [6.07, 6.45) is 4.79. The molecule has 0 aliphatic heterocycles. The Labute approximate surface area is 240 Å². The number of hydrogen-bond acceptors (Lipinski definition) is 4. The quantitative estimate of drug-likeness (QED) is 0.0711. The maximum atomic E-state index is 14.8. The summed E-state index contributed by atoms with van der Waals surface area (Å²) in [4.78, 5) is 12.0. The van der Waals surface area contributed by atoms with E-state index in [2.05, 4.69) is 6.92 Å². The van der Waals surface area contributed by atoms with Gasteiger partial charge in [0.05, 0.1) is 19.1 Å². The largest absolute Gasteiger partial charge is 0.513 e. The Morgan fingerprint density at radius 1 is 0.732 bits per heavy atom. The number of halogens is 5. The van der Waals surface area contributed by atoms with Crippen molar-refractivity contribution in [2.75, 3.05) is 13.2 Å². The summed E-state index contributed by atoms with van der Waals surface area (Å²) in [7, 11) is 0. The molecule has 0 amide bonds. The lowest BCUT2D eigenvalue weighted by Gasteiger charge is -2.20. The molecule has 41 heavy (non-hydrogen) atoms. The molecule has 0 fully saturated rings. The van der Waals surface area contributed by atoms with E-state index < -0.39 is 36.5 Å². The summed E-state index contributed by atoms with van der Waals surface area (Å²) in [5.74, 6) is -3.75. The highest BCUT2D eigenvalue weighted by molar-refractivity contribution is 5.68. The van der Waals surface area contributed by atoms with Gasteiger partial charge in [0.1, 0.15) is 5.75 Å². The van der Waals surface area contributed by atoms with Crippen LogP contribution < -0.4 is 9.47 Å². The molecular formula is C32H43F5O4. The molecule has 0 bridgehead atoms. The molecule has 0 aliphatic rings. The summed E-state index contributed by atoms with van der Waals surface area (Å²) >= 11 is 0. The van der Waals surface area contributed by atoms with E-state index in [1.54, 1.807) is 0 Å². The van der Waals surface area contributed by atoms with E-state index >= 15 is 0 Å². The van der Waals surface area contributed by atoms with E-state index in [1.165, 1.54) is 55.7 Å². The summed E-state index contributed by atoms with van der Waals surface area (Å²) < 4.78 is 84.4. The molecule has 0 N–H and O–H groups in total. The molecule has 230 valence electrons. The molecule has 0 spiro atoms. The van der Waals surface area contributed by atoms with E-state index in [0.717, 1.165) is 44.9 Å². The zero-order valence-corrected chi connectivity index (χ0v) is 24.2. The van der Waals surface area contributed by atoms with Crippen LogP contribution in [0, 0.1) is 17.6 Å². The molecule has 2 aromatic rings. The number of benzene rings is 2. The van der Waals surface area contributed by atoms with Crippen LogP contribution in [0.15, 0.2) is 36.4 Å². The number of carbonyl (C=O) groups excluding carboxylic acids is 1. The molecule has 0 aromatic heterocycles. The fourth-order valence-corrected chi connectivity index (χ4v) is 4.51. The first kappa shape index (κ1) is 34.4. The van der Waals surface area contributed by atoms with Gasteiger partial charge in [0, 0.05) is 5.56 Å². The van der Waals surface area contributed by atoms with Crippen LogP contribution in [0.25, 0.3) is 11.1 Å².